The van der Waals surface area contributed by atoms with Crippen LogP contribution in [0.1, 0.15) is 114 Å². The number of fused-ring (bicyclic) bond motifs is 5. The first-order valence-electron chi connectivity index (χ1n) is 20.4. The van der Waals surface area contributed by atoms with Gasteiger partial charge in [-0.2, -0.15) is 0 Å². The molecular formula is C41H50FN5O8S. The average molecular weight is 792 g/mol. The zero-order valence-electron chi connectivity index (χ0n) is 31.9. The number of aryl methyl sites for hydroxylation is 1. The van der Waals surface area contributed by atoms with Gasteiger partial charge in [-0.3, -0.25) is 24.0 Å². The highest BCUT2D eigenvalue weighted by molar-refractivity contribution is 7.91. The molecule has 1 aromatic heterocycles. The van der Waals surface area contributed by atoms with Gasteiger partial charge in [-0.15, -0.1) is 0 Å². The summed E-state index contributed by atoms with van der Waals surface area (Å²) in [5.74, 6) is -2.78. The zero-order valence-corrected chi connectivity index (χ0v) is 32.7. The number of carbonyl (C=O) groups is 4. The topological polar surface area (TPSA) is 175 Å². The summed E-state index contributed by atoms with van der Waals surface area (Å²) in [6.45, 7) is 3.43. The second-order valence-electron chi connectivity index (χ2n) is 17.7. The highest BCUT2D eigenvalue weighted by Crippen LogP contribution is 2.53. The molecule has 4 heterocycles. The van der Waals surface area contributed by atoms with Crippen molar-refractivity contribution in [1.29, 1.82) is 0 Å². The molecule has 15 heteroatoms. The van der Waals surface area contributed by atoms with E-state index in [2.05, 4.69) is 10.0 Å². The predicted molar refractivity (Wildman–Crippen MR) is 203 cm³/mol. The number of allylic oxidation sites excluding steroid dienone is 1. The number of aromatic nitrogens is 1. The van der Waals surface area contributed by atoms with Crippen LogP contribution in [0.3, 0.4) is 0 Å². The Morgan fingerprint density at radius 1 is 1.09 bits per heavy atom. The fourth-order valence-electron chi connectivity index (χ4n) is 9.57. The molecule has 7 aliphatic rings. The number of halogens is 1. The van der Waals surface area contributed by atoms with Crippen LogP contribution in [0.5, 0.6) is 5.75 Å². The summed E-state index contributed by atoms with van der Waals surface area (Å²) < 4.78 is 50.0. The summed E-state index contributed by atoms with van der Waals surface area (Å²) >= 11 is 0. The molecule has 5 fully saturated rings. The number of ether oxygens (including phenoxy) is 1. The molecule has 6 atom stereocenters. The number of nitrogens with one attached hydrogen (secondary N) is 2. The lowest BCUT2D eigenvalue weighted by Gasteiger charge is -2.40. The van der Waals surface area contributed by atoms with Crippen LogP contribution in [0.2, 0.25) is 0 Å². The molecule has 9 rings (SSSR count). The minimum atomic E-state index is -4.02. The van der Waals surface area contributed by atoms with Crippen molar-refractivity contribution in [1.82, 2.24) is 24.8 Å². The first kappa shape index (κ1) is 37.3. The molecule has 13 nitrogen and oxygen atoms in total. The van der Waals surface area contributed by atoms with Crippen molar-refractivity contribution in [2.24, 2.45) is 11.8 Å². The smallest absolute Gasteiger partial charge is 0.408 e. The van der Waals surface area contributed by atoms with Gasteiger partial charge < -0.3 is 20.1 Å². The maximum absolute atomic E-state index is 15.1. The lowest BCUT2D eigenvalue weighted by Crippen LogP contribution is -2.60. The Balaban J connectivity index is 1.11. The Bertz CT molecular complexity index is 2170. The number of rotatable bonds is 6. The molecule has 56 heavy (non-hydrogen) atoms. The minimum Gasteiger partial charge on any atom is -0.483 e. The third-order valence-corrected chi connectivity index (χ3v) is 16.0. The number of amides is 4. The second kappa shape index (κ2) is 13.1. The fraction of sp³-hybridized carbons (Fsp3) is 0.634. The molecule has 1 saturated heterocycles. The first-order chi connectivity index (χ1) is 26.7. The molecule has 0 bridgehead atoms. The van der Waals surface area contributed by atoms with Crippen LogP contribution in [0.25, 0.3) is 10.9 Å². The molecular weight excluding hydrogens is 742 g/mol. The van der Waals surface area contributed by atoms with Crippen molar-refractivity contribution in [3.05, 3.63) is 47.4 Å². The molecule has 4 saturated carbocycles. The number of sulfonamides is 1. The number of benzene rings is 1. The minimum absolute atomic E-state index is 0.0142. The highest BCUT2D eigenvalue weighted by atomic mass is 32.2. The van der Waals surface area contributed by atoms with Gasteiger partial charge in [-0.25, -0.2) is 22.6 Å². The van der Waals surface area contributed by atoms with Gasteiger partial charge >= 0.3 is 6.09 Å². The van der Waals surface area contributed by atoms with Gasteiger partial charge in [0.1, 0.15) is 40.3 Å². The van der Waals surface area contributed by atoms with Gasteiger partial charge in [-0.05, 0) is 90.0 Å². The maximum atomic E-state index is 15.1. The van der Waals surface area contributed by atoms with Gasteiger partial charge in [0.2, 0.25) is 21.8 Å². The summed E-state index contributed by atoms with van der Waals surface area (Å²) in [4.78, 5) is 64.4. The number of para-hydroxylation sites is 1. The monoisotopic (exact) mass is 791 g/mol. The molecule has 1 unspecified atom stereocenters. The lowest BCUT2D eigenvalue weighted by atomic mass is 9.80. The number of nitrogens with zero attached hydrogens (tertiary/aromatic N) is 3. The predicted octanol–water partition coefficient (Wildman–Crippen LogP) is 5.07. The van der Waals surface area contributed by atoms with Crippen LogP contribution in [0.4, 0.5) is 9.18 Å². The first-order valence-corrected chi connectivity index (χ1v) is 21.8. The van der Waals surface area contributed by atoms with Crippen LogP contribution >= 0.6 is 0 Å². The van der Waals surface area contributed by atoms with E-state index in [9.17, 15) is 27.9 Å². The van der Waals surface area contributed by atoms with E-state index in [1.165, 1.54) is 15.9 Å². The van der Waals surface area contributed by atoms with Crippen LogP contribution in [-0.4, -0.2) is 92.7 Å². The molecule has 2 aromatic rings. The SMILES string of the molecule is CC1[C@H]2C(=O)N[C@]3(C(=O)NS(=O)(=O)C4(C)CC4)C[C@H]3/C=C\CCCCC[C@H](N(C(=O)O)C3CC3)C(=O)N2C[C@@]12CCc1c(c(C3CC3)nc3c(F)cccc13)O2. The van der Waals surface area contributed by atoms with Crippen LogP contribution in [-0.2, 0) is 30.8 Å². The quantitative estimate of drug-likeness (QED) is 0.338. The van der Waals surface area contributed by atoms with Crippen molar-refractivity contribution >= 4 is 44.7 Å². The van der Waals surface area contributed by atoms with Crippen LogP contribution in [0, 0.1) is 17.7 Å². The standard InChI is InChI=1S/C41H50FN5O8S/c1-23-33-35(48)44-41(37(50)45-56(53,54)39(2)19-20-39)21-25(41)9-6-4-3-5-7-12-30(47(38(51)52)26-15-16-26)36(49)46(33)22-40(23)18-17-28-27-10-8-11-29(42)32(27)43-31(24-13-14-24)34(28)55-40/h6,8-11,23-26,30,33H,3-5,7,12-22H2,1-2H3,(H,44,48)(H,45,50)(H,51,52)/b9-6-/t23?,25-,30+,33+,40+,41-/m1/s1. The van der Waals surface area contributed by atoms with E-state index in [4.69, 9.17) is 9.72 Å². The van der Waals surface area contributed by atoms with Gasteiger partial charge in [0.05, 0.1) is 17.0 Å². The molecule has 3 aliphatic heterocycles. The zero-order chi connectivity index (χ0) is 39.4. The Morgan fingerprint density at radius 3 is 2.55 bits per heavy atom. The summed E-state index contributed by atoms with van der Waals surface area (Å²) in [7, 11) is -4.02. The van der Waals surface area contributed by atoms with E-state index >= 15 is 9.18 Å². The summed E-state index contributed by atoms with van der Waals surface area (Å²) in [5.41, 5.74) is -0.847. The number of carboxylic acid groups (broad SMARTS) is 1. The Labute approximate surface area is 325 Å². The number of hydrogen-bond acceptors (Lipinski definition) is 8. The summed E-state index contributed by atoms with van der Waals surface area (Å²) in [6.07, 6.45) is 10.7. The maximum Gasteiger partial charge on any atom is 0.408 e. The summed E-state index contributed by atoms with van der Waals surface area (Å²) in [6, 6.07) is 2.38. The van der Waals surface area contributed by atoms with Gasteiger partial charge in [-0.1, -0.05) is 44.1 Å². The van der Waals surface area contributed by atoms with Gasteiger partial charge in [0.25, 0.3) is 5.91 Å². The Morgan fingerprint density at radius 2 is 1.86 bits per heavy atom. The Kier molecular flexibility index (Phi) is 8.75. The molecule has 1 aromatic carbocycles. The van der Waals surface area contributed by atoms with E-state index in [1.807, 2.05) is 25.1 Å². The molecule has 4 aliphatic carbocycles. The van der Waals surface area contributed by atoms with Gasteiger partial charge in [0, 0.05) is 34.7 Å². The van der Waals surface area contributed by atoms with Gasteiger partial charge in [0.15, 0.2) is 0 Å². The average Bonchev–Trinajstić information content (AvgIpc) is 3.95. The van der Waals surface area contributed by atoms with Crippen molar-refractivity contribution < 1.29 is 41.8 Å². The molecule has 4 amide bonds. The van der Waals surface area contributed by atoms with E-state index in [0.29, 0.717) is 80.1 Å². The normalized spacial score (nSPS) is 33.2. The second-order valence-corrected chi connectivity index (χ2v) is 19.9. The lowest BCUT2D eigenvalue weighted by molar-refractivity contribution is -0.144. The van der Waals surface area contributed by atoms with E-state index in [1.54, 1.807) is 13.0 Å². The summed E-state index contributed by atoms with van der Waals surface area (Å²) in [5, 5.41) is 14.1. The van der Waals surface area contributed by atoms with Crippen molar-refractivity contribution in [2.45, 2.75) is 144 Å². The fourth-order valence-corrected chi connectivity index (χ4v) is 10.9. The molecule has 0 radical (unpaired) electrons. The molecule has 3 N–H and O–H groups in total. The Hall–Kier alpha value is -4.27. The van der Waals surface area contributed by atoms with Crippen molar-refractivity contribution in [3.63, 3.8) is 0 Å². The van der Waals surface area contributed by atoms with E-state index in [0.717, 1.165) is 31.2 Å². The molecule has 300 valence electrons. The third kappa shape index (κ3) is 6.14. The largest absolute Gasteiger partial charge is 0.483 e. The number of carbonyl (C=O) groups excluding carboxylic acids is 3. The van der Waals surface area contributed by atoms with Crippen molar-refractivity contribution in [3.8, 4) is 5.75 Å². The number of hydrogen-bond donors (Lipinski definition) is 3. The van der Waals surface area contributed by atoms with Crippen molar-refractivity contribution in [2.75, 3.05) is 6.54 Å². The van der Waals surface area contributed by atoms with E-state index < -0.39 is 79.5 Å². The molecule has 1 spiro atoms. The van der Waals surface area contributed by atoms with Crippen LogP contribution in [0.15, 0.2) is 30.4 Å². The van der Waals surface area contributed by atoms with Crippen LogP contribution < -0.4 is 14.8 Å². The number of pyridine rings is 1. The highest BCUT2D eigenvalue weighted by Gasteiger charge is 2.65. The van der Waals surface area contributed by atoms with E-state index in [-0.39, 0.29) is 24.9 Å². The third-order valence-electron chi connectivity index (χ3n) is 13.8.